The molecule has 0 saturated heterocycles. The monoisotopic (exact) mass is 1490 g/mol. The van der Waals surface area contributed by atoms with E-state index in [0.717, 1.165) is 16.5 Å². The summed E-state index contributed by atoms with van der Waals surface area (Å²) in [6, 6.07) is 1.87. The third kappa shape index (κ3) is 33.3. The second-order valence-corrected chi connectivity index (χ2v) is 25.6. The number of nitrogens with two attached hydrogens (primary N) is 12. The number of nitrogens with zero attached hydrogens (tertiary/aromatic N) is 5. The van der Waals surface area contributed by atoms with Crippen LogP contribution in [0.3, 0.4) is 0 Å². The minimum Gasteiger partial charge on any atom is -0.480 e. The number of hydrogen-bond donors (Lipinski definition) is 23. The van der Waals surface area contributed by atoms with Crippen LogP contribution in [0.4, 0.5) is 0 Å². The Balaban J connectivity index is 2.06. The highest BCUT2D eigenvalue weighted by molar-refractivity contribution is 5.99. The van der Waals surface area contributed by atoms with Gasteiger partial charge in [0.1, 0.15) is 54.4 Å². The SMILES string of the molecule is CC[C@H](C)[C@H](NC(=O)[C@H](CCCN=C(N)N)NC(=O)[C@@H](NC(=O)[C@H](CCCN=C(N)N)NC(=O)[C@H](CCCN=C(N)N)NC(=O)[C@H](CCC(N)=O)NC(=O)[C@H](Cc1c[nH]c2ccccc12)NC(=O)[C@@H](N)Cc1ccccc1)[C@@H](C)CC)C(=O)N[C@@H](CCCN=C(N)N)C(=O)N[C@@H](CCCN=C(N)N)C(=O)O. The van der Waals surface area contributed by atoms with Crippen molar-refractivity contribution in [1.82, 2.24) is 52.8 Å². The number of H-pyrrole nitrogens is 1. The third-order valence-electron chi connectivity index (χ3n) is 17.1. The first-order valence-electron chi connectivity index (χ1n) is 35.1. The molecule has 106 heavy (non-hydrogen) atoms. The van der Waals surface area contributed by atoms with Crippen LogP contribution in [-0.4, -0.2) is 198 Å². The maximum atomic E-state index is 14.9. The van der Waals surface area contributed by atoms with E-state index < -0.39 is 150 Å². The summed E-state index contributed by atoms with van der Waals surface area (Å²) in [4.78, 5) is 179. The number of aromatic amines is 1. The number of carbonyl (C=O) groups excluding carboxylic acids is 10. The minimum absolute atomic E-state index is 0.0195. The summed E-state index contributed by atoms with van der Waals surface area (Å²) in [5.41, 5.74) is 69.7. The van der Waals surface area contributed by atoms with Gasteiger partial charge in [-0.15, -0.1) is 0 Å². The van der Waals surface area contributed by atoms with Crippen LogP contribution < -0.4 is 117 Å². The number of para-hydroxylation sites is 1. The number of nitrogens with one attached hydrogen (secondary N) is 10. The molecule has 0 fully saturated rings. The molecule has 0 spiro atoms. The molecular formula is C67H111N27O12. The van der Waals surface area contributed by atoms with Crippen LogP contribution in [0, 0.1) is 11.8 Å². The molecule has 10 amide bonds. The lowest BCUT2D eigenvalue weighted by Gasteiger charge is -2.31. The van der Waals surface area contributed by atoms with E-state index in [-0.39, 0.29) is 152 Å². The fourth-order valence-corrected chi connectivity index (χ4v) is 10.9. The summed E-state index contributed by atoms with van der Waals surface area (Å²) >= 11 is 0. The molecule has 2 aromatic carbocycles. The van der Waals surface area contributed by atoms with Gasteiger partial charge >= 0.3 is 5.97 Å². The first-order chi connectivity index (χ1) is 50.2. The maximum Gasteiger partial charge on any atom is 0.326 e. The second kappa shape index (κ2) is 46.9. The number of hydrogen-bond acceptors (Lipinski definition) is 17. The number of aliphatic carboxylic acids is 1. The number of aromatic nitrogens is 1. The molecule has 35 N–H and O–H groups in total. The summed E-state index contributed by atoms with van der Waals surface area (Å²) < 4.78 is 0. The van der Waals surface area contributed by atoms with Gasteiger partial charge in [0.25, 0.3) is 0 Å². The lowest BCUT2D eigenvalue weighted by atomic mass is 9.95. The summed E-state index contributed by atoms with van der Waals surface area (Å²) in [5.74, 6) is -12.8. The molecule has 0 aliphatic rings. The molecule has 3 aromatic rings. The normalized spacial score (nSPS) is 14.3. The number of rotatable bonds is 50. The van der Waals surface area contributed by atoms with E-state index in [1.165, 1.54) is 0 Å². The van der Waals surface area contributed by atoms with Gasteiger partial charge in [-0.2, -0.15) is 0 Å². The number of fused-ring (bicyclic) bond motifs is 1. The summed E-state index contributed by atoms with van der Waals surface area (Å²) in [7, 11) is 0. The Hall–Kier alpha value is -11.5. The van der Waals surface area contributed by atoms with Crippen LogP contribution in [0.1, 0.15) is 129 Å². The molecule has 12 atom stereocenters. The smallest absolute Gasteiger partial charge is 0.326 e. The third-order valence-corrected chi connectivity index (χ3v) is 17.1. The van der Waals surface area contributed by atoms with E-state index in [4.69, 9.17) is 68.8 Å². The molecular weight excluding hydrogens is 1370 g/mol. The lowest BCUT2D eigenvalue weighted by Crippen LogP contribution is -2.62. The van der Waals surface area contributed by atoms with Crippen LogP contribution >= 0.6 is 0 Å². The van der Waals surface area contributed by atoms with Crippen molar-refractivity contribution in [3.05, 3.63) is 71.9 Å². The first kappa shape index (κ1) is 88.7. The van der Waals surface area contributed by atoms with Crippen molar-refractivity contribution in [3.63, 3.8) is 0 Å². The lowest BCUT2D eigenvalue weighted by molar-refractivity contribution is -0.142. The van der Waals surface area contributed by atoms with Crippen LogP contribution in [0.5, 0.6) is 0 Å². The predicted molar refractivity (Wildman–Crippen MR) is 402 cm³/mol. The quantitative estimate of drug-likeness (QED) is 0.0142. The number of amides is 10. The summed E-state index contributed by atoms with van der Waals surface area (Å²) in [6.07, 6.45) is 1.06. The van der Waals surface area contributed by atoms with Gasteiger partial charge in [-0.05, 0) is 106 Å². The summed E-state index contributed by atoms with van der Waals surface area (Å²) in [6.45, 7) is 6.70. The Kier molecular flexibility index (Phi) is 39.3. The van der Waals surface area contributed by atoms with Crippen molar-refractivity contribution in [2.24, 2.45) is 106 Å². The van der Waals surface area contributed by atoms with Gasteiger partial charge in [-0.1, -0.05) is 89.1 Å². The number of aliphatic imine (C=N–C) groups is 5. The van der Waals surface area contributed by atoms with E-state index in [9.17, 15) is 57.8 Å². The average molecular weight is 1490 g/mol. The van der Waals surface area contributed by atoms with Gasteiger partial charge in [0.05, 0.1) is 6.04 Å². The molecule has 0 unspecified atom stereocenters. The predicted octanol–water partition coefficient (Wildman–Crippen LogP) is -5.65. The van der Waals surface area contributed by atoms with E-state index in [1.807, 2.05) is 18.2 Å². The van der Waals surface area contributed by atoms with Crippen molar-refractivity contribution < 1.29 is 57.8 Å². The molecule has 0 aliphatic carbocycles. The van der Waals surface area contributed by atoms with Crippen molar-refractivity contribution in [3.8, 4) is 0 Å². The molecule has 3 rings (SSSR count). The number of guanidine groups is 5. The highest BCUT2D eigenvalue weighted by atomic mass is 16.4. The number of carboxylic acid groups (broad SMARTS) is 1. The zero-order valence-electron chi connectivity index (χ0n) is 60.7. The number of carboxylic acids is 1. The largest absolute Gasteiger partial charge is 0.480 e. The Morgan fingerprint density at radius 1 is 0.396 bits per heavy atom. The molecule has 586 valence electrons. The average Bonchev–Trinajstić information content (AvgIpc) is 1.60. The minimum atomic E-state index is -1.60. The molecule has 1 aromatic heterocycles. The van der Waals surface area contributed by atoms with Crippen LogP contribution in [0.15, 0.2) is 85.8 Å². The van der Waals surface area contributed by atoms with Crippen molar-refractivity contribution in [1.29, 1.82) is 0 Å². The fraction of sp³-hybridized carbons (Fsp3) is 0.552. The van der Waals surface area contributed by atoms with Crippen LogP contribution in [-0.2, 0) is 65.6 Å². The molecule has 0 bridgehead atoms. The van der Waals surface area contributed by atoms with Gasteiger partial charge < -0.3 is 127 Å². The van der Waals surface area contributed by atoms with Gasteiger partial charge in [-0.3, -0.25) is 72.9 Å². The Morgan fingerprint density at radius 3 is 1.08 bits per heavy atom. The van der Waals surface area contributed by atoms with Crippen molar-refractivity contribution >= 4 is 106 Å². The molecule has 1 heterocycles. The summed E-state index contributed by atoms with van der Waals surface area (Å²) in [5, 5.41) is 34.8. The number of benzene rings is 2. The molecule has 0 saturated carbocycles. The fourth-order valence-electron chi connectivity index (χ4n) is 10.9. The Bertz CT molecular complexity index is 3530. The zero-order valence-corrected chi connectivity index (χ0v) is 60.7. The van der Waals surface area contributed by atoms with Gasteiger partial charge in [0.2, 0.25) is 59.1 Å². The van der Waals surface area contributed by atoms with Gasteiger partial charge in [0, 0.05) is 62.7 Å². The van der Waals surface area contributed by atoms with Crippen molar-refractivity contribution in [2.45, 2.75) is 191 Å². The van der Waals surface area contributed by atoms with Gasteiger partial charge in [-0.25, -0.2) is 4.79 Å². The highest BCUT2D eigenvalue weighted by Gasteiger charge is 2.38. The standard InChI is InChI=1S/C67H111N27O12/c1-5-36(3)51(60(103)89-44(22-13-29-81-64(72)73)55(98)91-48(62(105)106)25-16-32-84-67(78)79)94-58(101)46(24-15-31-83-66(76)77)90-61(104)52(37(4)6-2)93-57(100)45(23-14-30-82-65(74)75)87-54(97)43(21-12-28-80-63(70)71)86-56(99)47(26-27-50(69)95)88-59(102)49(34-39-35-85-42-20-11-10-19-40(39)42)92-53(96)41(68)33-38-17-8-7-9-18-38/h7-11,17-20,35-37,41,43-49,51-52,85H,5-6,12-16,21-34,68H2,1-4H3,(H2,69,95)(H,86,99)(H,87,97)(H,88,102)(H,89,103)(H,90,104)(H,91,98)(H,92,96)(H,93,100)(H,94,101)(H,105,106)(H4,70,71,80)(H4,72,73,81)(H4,74,75,82)(H4,76,77,83)(H4,78,79,84)/t36-,37-,41-,43-,44-,45-,46-,47-,48-,49-,51-,52-/m0/s1. The maximum absolute atomic E-state index is 14.9. The number of primary amides is 1. The highest BCUT2D eigenvalue weighted by Crippen LogP contribution is 2.21. The zero-order chi connectivity index (χ0) is 79.0. The molecule has 0 radical (unpaired) electrons. The number of carbonyl (C=O) groups is 11. The van der Waals surface area contributed by atoms with E-state index in [1.54, 1.807) is 70.3 Å². The van der Waals surface area contributed by atoms with E-state index >= 15 is 0 Å². The van der Waals surface area contributed by atoms with Crippen molar-refractivity contribution in [2.75, 3.05) is 32.7 Å². The van der Waals surface area contributed by atoms with Gasteiger partial charge in [0.15, 0.2) is 29.8 Å². The second-order valence-electron chi connectivity index (χ2n) is 25.6. The molecule has 0 aliphatic heterocycles. The molecule has 39 heteroatoms. The Labute approximate surface area is 615 Å². The van der Waals surface area contributed by atoms with E-state index in [2.05, 4.69) is 77.8 Å². The Morgan fingerprint density at radius 2 is 0.717 bits per heavy atom. The molecule has 39 nitrogen and oxygen atoms in total. The van der Waals surface area contributed by atoms with E-state index in [0.29, 0.717) is 5.56 Å². The van der Waals surface area contributed by atoms with Crippen LogP contribution in [0.2, 0.25) is 0 Å². The topological polar surface area (TPSA) is 706 Å². The van der Waals surface area contributed by atoms with Crippen LogP contribution in [0.25, 0.3) is 10.9 Å². The first-order valence-corrected chi connectivity index (χ1v) is 35.1.